The second-order valence-corrected chi connectivity index (χ2v) is 8.45. The summed E-state index contributed by atoms with van der Waals surface area (Å²) in [5.41, 5.74) is 8.56. The molecule has 0 unspecified atom stereocenters. The third-order valence-electron chi connectivity index (χ3n) is 5.20. The van der Waals surface area contributed by atoms with E-state index in [1.807, 2.05) is 31.2 Å². The first-order valence-corrected chi connectivity index (χ1v) is 10.5. The smallest absolute Gasteiger partial charge is 0.152 e. The maximum atomic E-state index is 12.5. The number of hydrogen-bond acceptors (Lipinski definition) is 5. The van der Waals surface area contributed by atoms with Crippen LogP contribution in [0.4, 0.5) is 5.82 Å². The monoisotopic (exact) mass is 396 g/mol. The number of benzene rings is 1. The van der Waals surface area contributed by atoms with E-state index in [2.05, 4.69) is 30.3 Å². The van der Waals surface area contributed by atoms with Gasteiger partial charge in [-0.1, -0.05) is 45.4 Å². The van der Waals surface area contributed by atoms with E-state index in [9.17, 15) is 4.79 Å². The Morgan fingerprint density at radius 2 is 1.97 bits per heavy atom. The van der Waals surface area contributed by atoms with Crippen molar-refractivity contribution in [1.82, 2.24) is 14.5 Å². The van der Waals surface area contributed by atoms with Crippen molar-refractivity contribution >= 4 is 33.5 Å². The van der Waals surface area contributed by atoms with Gasteiger partial charge in [-0.05, 0) is 24.8 Å². The highest BCUT2D eigenvalue weighted by molar-refractivity contribution is 6.06. The fraction of sp³-hybridized carbons (Fsp3) is 0.522. The molecule has 156 valence electrons. The molecule has 0 spiro atoms. The number of carbonyl (C=O) groups excluding carboxylic acids is 1. The van der Waals surface area contributed by atoms with Crippen LogP contribution in [0.1, 0.15) is 59.2 Å². The van der Waals surface area contributed by atoms with Crippen LogP contribution in [0.5, 0.6) is 0 Å². The molecule has 1 aromatic carbocycles. The van der Waals surface area contributed by atoms with Gasteiger partial charge in [0.15, 0.2) is 5.82 Å². The summed E-state index contributed by atoms with van der Waals surface area (Å²) in [4.78, 5) is 21.8. The lowest BCUT2D eigenvalue weighted by Gasteiger charge is -2.26. The fourth-order valence-electron chi connectivity index (χ4n) is 3.86. The van der Waals surface area contributed by atoms with Crippen molar-refractivity contribution in [2.45, 2.75) is 66.5 Å². The molecule has 29 heavy (non-hydrogen) atoms. The average Bonchev–Trinajstić information content (AvgIpc) is 3.03. The Bertz CT molecular complexity index is 1010. The van der Waals surface area contributed by atoms with E-state index in [0.717, 1.165) is 35.1 Å². The first-order chi connectivity index (χ1) is 13.9. The van der Waals surface area contributed by atoms with E-state index in [1.165, 1.54) is 0 Å². The summed E-state index contributed by atoms with van der Waals surface area (Å²) >= 11 is 0. The third-order valence-corrected chi connectivity index (χ3v) is 5.20. The number of carbonyl (C=O) groups is 1. The second kappa shape index (κ2) is 8.91. The predicted octanol–water partition coefficient (Wildman–Crippen LogP) is 4.88. The number of hydrogen-bond donors (Lipinski definition) is 1. The van der Waals surface area contributed by atoms with Gasteiger partial charge in [-0.3, -0.25) is 4.79 Å². The number of pyridine rings is 1. The lowest BCUT2D eigenvalue weighted by molar-refractivity contribution is -0.121. The highest BCUT2D eigenvalue weighted by Gasteiger charge is 2.26. The van der Waals surface area contributed by atoms with Gasteiger partial charge in [-0.2, -0.15) is 0 Å². The number of fused-ring (bicyclic) bond motifs is 3. The summed E-state index contributed by atoms with van der Waals surface area (Å²) in [7, 11) is 0. The van der Waals surface area contributed by atoms with Crippen molar-refractivity contribution in [2.75, 3.05) is 12.3 Å². The number of unbranched alkanes of at least 4 members (excludes halogenated alkanes) is 1. The molecule has 0 aliphatic carbocycles. The van der Waals surface area contributed by atoms with Crippen molar-refractivity contribution in [3.05, 3.63) is 30.1 Å². The zero-order valence-electron chi connectivity index (χ0n) is 18.0. The number of ether oxygens (including phenoxy) is 1. The van der Waals surface area contributed by atoms with Crippen LogP contribution in [0.3, 0.4) is 0 Å². The Balaban J connectivity index is 2.07. The van der Waals surface area contributed by atoms with Crippen LogP contribution in [0.25, 0.3) is 21.9 Å². The highest BCUT2D eigenvalue weighted by Crippen LogP contribution is 2.33. The quantitative estimate of drug-likeness (QED) is 0.528. The molecule has 2 N–H and O–H groups in total. The number of imidazole rings is 1. The Morgan fingerprint density at radius 3 is 2.69 bits per heavy atom. The molecule has 3 rings (SSSR count). The highest BCUT2D eigenvalue weighted by atomic mass is 16.5. The minimum absolute atomic E-state index is 0.210. The van der Waals surface area contributed by atoms with Gasteiger partial charge in [-0.15, -0.1) is 0 Å². The molecule has 0 amide bonds. The molecule has 0 saturated heterocycles. The number of ketones is 1. The summed E-state index contributed by atoms with van der Waals surface area (Å²) < 4.78 is 7.86. The summed E-state index contributed by atoms with van der Waals surface area (Å²) in [6.07, 6.45) is 3.18. The van der Waals surface area contributed by atoms with Crippen molar-refractivity contribution in [3.63, 3.8) is 0 Å². The number of Topliss-reactive ketones (excluding diaryl/α,β-unsaturated/α-hetero) is 1. The predicted molar refractivity (Wildman–Crippen MR) is 118 cm³/mol. The zero-order chi connectivity index (χ0) is 21.0. The van der Waals surface area contributed by atoms with Gasteiger partial charge in [-0.25, -0.2) is 9.97 Å². The zero-order valence-corrected chi connectivity index (χ0v) is 18.0. The minimum Gasteiger partial charge on any atom is -0.382 e. The van der Waals surface area contributed by atoms with Crippen LogP contribution in [-0.2, 0) is 22.7 Å². The molecule has 0 bridgehead atoms. The van der Waals surface area contributed by atoms with Crippen molar-refractivity contribution < 1.29 is 9.53 Å². The maximum Gasteiger partial charge on any atom is 0.152 e. The first kappa shape index (κ1) is 21.2. The van der Waals surface area contributed by atoms with Crippen molar-refractivity contribution in [3.8, 4) is 0 Å². The van der Waals surface area contributed by atoms with E-state index in [-0.39, 0.29) is 5.41 Å². The number of para-hydroxylation sites is 1. The molecule has 3 aromatic rings. The maximum absolute atomic E-state index is 12.5. The van der Waals surface area contributed by atoms with Gasteiger partial charge in [0.2, 0.25) is 0 Å². The van der Waals surface area contributed by atoms with Crippen LogP contribution >= 0.6 is 0 Å². The lowest BCUT2D eigenvalue weighted by atomic mass is 9.86. The Labute approximate surface area is 172 Å². The second-order valence-electron chi connectivity index (χ2n) is 8.45. The molecular formula is C23H32N4O2. The first-order valence-electron chi connectivity index (χ1n) is 10.5. The van der Waals surface area contributed by atoms with E-state index in [1.54, 1.807) is 0 Å². The number of nitrogen functional groups attached to an aromatic ring is 1. The Hall–Kier alpha value is -2.47. The molecule has 0 radical (unpaired) electrons. The average molecular weight is 397 g/mol. The van der Waals surface area contributed by atoms with Crippen LogP contribution < -0.4 is 5.73 Å². The molecule has 6 nitrogen and oxygen atoms in total. The standard InChI is InChI=1S/C23H32N4O2/c1-5-7-10-16(28)13-23(3,4)15-27-19(14-29-6-2)26-20-21(27)17-11-8-9-12-18(17)25-22(20)24/h8-9,11-12H,5-7,10,13-15H2,1-4H3,(H2,24,25). The van der Waals surface area contributed by atoms with Crippen LogP contribution in [0.15, 0.2) is 24.3 Å². The van der Waals surface area contributed by atoms with Crippen molar-refractivity contribution in [1.29, 1.82) is 0 Å². The van der Waals surface area contributed by atoms with Gasteiger partial charge < -0.3 is 15.0 Å². The molecule has 0 fully saturated rings. The summed E-state index contributed by atoms with van der Waals surface area (Å²) in [5, 5.41) is 1.01. The van der Waals surface area contributed by atoms with E-state index in [4.69, 9.17) is 15.5 Å². The molecule has 0 saturated carbocycles. The molecule has 0 atom stereocenters. The van der Waals surface area contributed by atoms with Gasteiger partial charge in [0, 0.05) is 31.4 Å². The van der Waals surface area contributed by atoms with Gasteiger partial charge in [0.1, 0.15) is 23.7 Å². The molecule has 2 heterocycles. The minimum atomic E-state index is -0.210. The number of aromatic nitrogens is 3. The molecule has 0 aliphatic rings. The van der Waals surface area contributed by atoms with Crippen LogP contribution in [-0.4, -0.2) is 26.9 Å². The molecule has 2 aromatic heterocycles. The van der Waals surface area contributed by atoms with Crippen LogP contribution in [0.2, 0.25) is 0 Å². The number of nitrogens with two attached hydrogens (primary N) is 1. The fourth-order valence-corrected chi connectivity index (χ4v) is 3.86. The van der Waals surface area contributed by atoms with E-state index >= 15 is 0 Å². The van der Waals surface area contributed by atoms with Gasteiger partial charge >= 0.3 is 0 Å². The summed E-state index contributed by atoms with van der Waals surface area (Å²) in [6, 6.07) is 7.97. The van der Waals surface area contributed by atoms with Gasteiger partial charge in [0.25, 0.3) is 0 Å². The van der Waals surface area contributed by atoms with E-state index < -0.39 is 0 Å². The Kier molecular flexibility index (Phi) is 6.52. The number of rotatable bonds is 10. The van der Waals surface area contributed by atoms with E-state index in [0.29, 0.717) is 49.7 Å². The summed E-state index contributed by atoms with van der Waals surface area (Å²) in [6.45, 7) is 10.0. The van der Waals surface area contributed by atoms with Crippen LogP contribution in [0, 0.1) is 5.41 Å². The lowest BCUT2D eigenvalue weighted by Crippen LogP contribution is -2.24. The molecule has 6 heteroatoms. The Morgan fingerprint density at radius 1 is 1.21 bits per heavy atom. The topological polar surface area (TPSA) is 83.0 Å². The largest absolute Gasteiger partial charge is 0.382 e. The SMILES string of the molecule is CCCCC(=O)CC(C)(C)Cn1c(COCC)nc2c(N)nc3ccccc3c21. The number of anilines is 1. The van der Waals surface area contributed by atoms with Crippen molar-refractivity contribution in [2.24, 2.45) is 5.41 Å². The third kappa shape index (κ3) is 4.75. The normalized spacial score (nSPS) is 12.1. The molecular weight excluding hydrogens is 364 g/mol. The summed E-state index contributed by atoms with van der Waals surface area (Å²) in [5.74, 6) is 1.56. The number of nitrogens with zero attached hydrogens (tertiary/aromatic N) is 3. The molecule has 0 aliphatic heterocycles. The van der Waals surface area contributed by atoms with Gasteiger partial charge in [0.05, 0.1) is 11.0 Å².